The van der Waals surface area contributed by atoms with Crippen molar-refractivity contribution in [2.24, 2.45) is 0 Å². The van der Waals surface area contributed by atoms with Crippen LogP contribution >= 0.6 is 22.6 Å². The van der Waals surface area contributed by atoms with E-state index in [-0.39, 0.29) is 3.57 Å². The average Bonchev–Trinajstić information content (AvgIpc) is 2.69. The predicted octanol–water partition coefficient (Wildman–Crippen LogP) is -0.939. The fraction of sp³-hybridized carbons (Fsp3) is 0.600. The third-order valence-electron chi connectivity index (χ3n) is 2.87. The van der Waals surface area contributed by atoms with Gasteiger partial charge in [-0.2, -0.15) is 13.8 Å². The Morgan fingerprint density at radius 3 is 2.67 bits per heavy atom. The zero-order chi connectivity index (χ0) is 15.7. The van der Waals surface area contributed by atoms with Crippen LogP contribution in [-0.2, 0) is 4.74 Å². The molecule has 0 aromatic carbocycles. The molecule has 118 valence electrons. The van der Waals surface area contributed by atoms with Crippen LogP contribution in [0.5, 0.6) is 5.88 Å². The number of aromatic nitrogens is 2. The van der Waals surface area contributed by atoms with Gasteiger partial charge in [-0.15, -0.1) is 0 Å². The van der Waals surface area contributed by atoms with Gasteiger partial charge in [-0.25, -0.2) is 4.79 Å². The number of aliphatic hydroxyl groups excluding tert-OH is 3. The highest BCUT2D eigenvalue weighted by Crippen LogP contribution is 2.29. The van der Waals surface area contributed by atoms with Crippen molar-refractivity contribution in [3.05, 3.63) is 20.3 Å². The van der Waals surface area contributed by atoms with Crippen LogP contribution in [-0.4, -0.2) is 56.4 Å². The van der Waals surface area contributed by atoms with Crippen molar-refractivity contribution in [2.45, 2.75) is 31.2 Å². The molecular formula is C10H11F2IN2O6. The monoisotopic (exact) mass is 420 g/mol. The summed E-state index contributed by atoms with van der Waals surface area (Å²) < 4.78 is 34.4. The molecule has 4 atom stereocenters. The van der Waals surface area contributed by atoms with Crippen molar-refractivity contribution in [3.8, 4) is 5.88 Å². The lowest BCUT2D eigenvalue weighted by atomic mass is 10.1. The molecule has 1 aliphatic heterocycles. The zero-order valence-corrected chi connectivity index (χ0v) is 12.4. The maximum atomic E-state index is 12.1. The summed E-state index contributed by atoms with van der Waals surface area (Å²) in [5.74, 6) is -0.543. The lowest BCUT2D eigenvalue weighted by Gasteiger charge is -2.18. The molecule has 0 saturated carbocycles. The van der Waals surface area contributed by atoms with Crippen LogP contribution in [0.15, 0.2) is 11.0 Å². The maximum absolute atomic E-state index is 12.1. The van der Waals surface area contributed by atoms with Crippen LogP contribution in [0.3, 0.4) is 0 Å². The summed E-state index contributed by atoms with van der Waals surface area (Å²) in [6.07, 6.45) is -4.10. The Morgan fingerprint density at radius 2 is 2.14 bits per heavy atom. The molecule has 0 bridgehead atoms. The van der Waals surface area contributed by atoms with Gasteiger partial charge in [0.2, 0.25) is 5.88 Å². The highest BCUT2D eigenvalue weighted by Gasteiger charge is 2.44. The number of nitrogens with zero attached hydrogens (tertiary/aromatic N) is 2. The molecule has 0 unspecified atom stereocenters. The van der Waals surface area contributed by atoms with Crippen LogP contribution in [0.4, 0.5) is 8.78 Å². The van der Waals surface area contributed by atoms with E-state index >= 15 is 0 Å². The molecule has 0 amide bonds. The van der Waals surface area contributed by atoms with Gasteiger partial charge in [0.1, 0.15) is 18.3 Å². The van der Waals surface area contributed by atoms with Gasteiger partial charge in [-0.05, 0) is 22.6 Å². The number of aliphatic hydroxyl groups is 3. The number of rotatable bonds is 4. The van der Waals surface area contributed by atoms with Gasteiger partial charge in [0.25, 0.3) is 0 Å². The lowest BCUT2D eigenvalue weighted by Crippen LogP contribution is -2.36. The smallest absolute Gasteiger partial charge is 0.388 e. The fourth-order valence-corrected chi connectivity index (χ4v) is 2.44. The van der Waals surface area contributed by atoms with E-state index in [0.717, 1.165) is 10.8 Å². The van der Waals surface area contributed by atoms with E-state index < -0.39 is 49.3 Å². The van der Waals surface area contributed by atoms with E-state index in [1.54, 1.807) is 22.6 Å². The summed E-state index contributed by atoms with van der Waals surface area (Å²) in [7, 11) is 0. The summed E-state index contributed by atoms with van der Waals surface area (Å²) in [6, 6.07) is 0. The number of hydrogen-bond acceptors (Lipinski definition) is 7. The Balaban J connectivity index is 2.33. The fourth-order valence-electron chi connectivity index (χ4n) is 1.89. The van der Waals surface area contributed by atoms with E-state index in [9.17, 15) is 23.8 Å². The quantitative estimate of drug-likeness (QED) is 0.539. The molecule has 2 rings (SSSR count). The highest BCUT2D eigenvalue weighted by molar-refractivity contribution is 14.1. The molecule has 3 N–H and O–H groups in total. The number of halogens is 3. The normalized spacial score (nSPS) is 29.1. The Kier molecular flexibility index (Phi) is 5.08. The minimum atomic E-state index is -3.13. The summed E-state index contributed by atoms with van der Waals surface area (Å²) in [5.41, 5.74) is -0.999. The third kappa shape index (κ3) is 3.31. The molecule has 0 spiro atoms. The molecule has 2 heterocycles. The van der Waals surface area contributed by atoms with Gasteiger partial charge in [0.05, 0.1) is 10.2 Å². The molecule has 8 nitrogen and oxygen atoms in total. The minimum Gasteiger partial charge on any atom is -0.416 e. The van der Waals surface area contributed by atoms with Crippen molar-refractivity contribution in [3.63, 3.8) is 0 Å². The molecule has 1 aromatic heterocycles. The van der Waals surface area contributed by atoms with Crippen molar-refractivity contribution >= 4 is 22.6 Å². The second-order valence-corrected chi connectivity index (χ2v) is 5.35. The van der Waals surface area contributed by atoms with E-state index in [4.69, 9.17) is 9.84 Å². The Bertz CT molecular complexity index is 571. The first-order valence-corrected chi connectivity index (χ1v) is 6.79. The molecule has 11 heteroatoms. The van der Waals surface area contributed by atoms with E-state index in [0.29, 0.717) is 0 Å². The van der Waals surface area contributed by atoms with Crippen molar-refractivity contribution in [1.29, 1.82) is 0 Å². The zero-order valence-electron chi connectivity index (χ0n) is 10.3. The Morgan fingerprint density at radius 1 is 1.48 bits per heavy atom. The number of alkyl halides is 2. The van der Waals surface area contributed by atoms with Gasteiger partial charge < -0.3 is 24.8 Å². The van der Waals surface area contributed by atoms with Gasteiger partial charge in [0, 0.05) is 6.20 Å². The van der Waals surface area contributed by atoms with E-state index in [1.165, 1.54) is 0 Å². The maximum Gasteiger partial charge on any atom is 0.388 e. The average molecular weight is 420 g/mol. The molecule has 0 radical (unpaired) electrons. The largest absolute Gasteiger partial charge is 0.416 e. The van der Waals surface area contributed by atoms with Crippen molar-refractivity contribution < 1.29 is 33.6 Å². The van der Waals surface area contributed by atoms with E-state index in [1.807, 2.05) is 0 Å². The third-order valence-corrected chi connectivity index (χ3v) is 3.61. The van der Waals surface area contributed by atoms with Gasteiger partial charge in [-0.1, -0.05) is 0 Å². The molecule has 1 aliphatic rings. The molecule has 1 fully saturated rings. The Labute approximate surface area is 130 Å². The molecule has 0 aliphatic carbocycles. The van der Waals surface area contributed by atoms with Gasteiger partial charge in [-0.3, -0.25) is 4.57 Å². The first-order valence-electron chi connectivity index (χ1n) is 5.71. The summed E-state index contributed by atoms with van der Waals surface area (Å²) in [5, 5.41) is 28.4. The summed E-state index contributed by atoms with van der Waals surface area (Å²) >= 11 is 1.62. The molecule has 1 saturated heterocycles. The molecule has 21 heavy (non-hydrogen) atoms. The van der Waals surface area contributed by atoms with Crippen LogP contribution in [0.1, 0.15) is 6.23 Å². The van der Waals surface area contributed by atoms with Crippen molar-refractivity contribution in [1.82, 2.24) is 9.55 Å². The Hall–Kier alpha value is -0.890. The second kappa shape index (κ2) is 6.48. The first kappa shape index (κ1) is 16.5. The van der Waals surface area contributed by atoms with Crippen LogP contribution in [0, 0.1) is 3.57 Å². The predicted molar refractivity (Wildman–Crippen MR) is 70.9 cm³/mol. The number of hydrogen-bond donors (Lipinski definition) is 3. The number of ether oxygens (including phenoxy) is 2. The van der Waals surface area contributed by atoms with Gasteiger partial charge >= 0.3 is 12.3 Å². The van der Waals surface area contributed by atoms with Crippen LogP contribution in [0.2, 0.25) is 0 Å². The van der Waals surface area contributed by atoms with Crippen molar-refractivity contribution in [2.75, 3.05) is 6.61 Å². The standard InChI is InChI=1S/C10H11F2IN2O6/c11-9(12)21-7-3(13)1-15(10(19)14-7)8-6(18)5(17)4(2-16)20-8/h1,4-6,8-9,16-18H,2H2/t4-,5-,6-,8-/m1/s1. The summed E-state index contributed by atoms with van der Waals surface area (Å²) in [6.45, 7) is -3.68. The molecular weight excluding hydrogens is 409 g/mol. The second-order valence-electron chi connectivity index (χ2n) is 4.19. The minimum absolute atomic E-state index is 0.0882. The molecule has 1 aromatic rings. The first-order chi connectivity index (χ1) is 9.85. The van der Waals surface area contributed by atoms with E-state index in [2.05, 4.69) is 9.72 Å². The SMILES string of the molecule is O=c1nc(OC(F)F)c(I)cn1[C@@H]1O[C@H](CO)[C@@H](O)[C@H]1O. The van der Waals surface area contributed by atoms with Crippen LogP contribution < -0.4 is 10.4 Å². The summed E-state index contributed by atoms with van der Waals surface area (Å²) in [4.78, 5) is 15.1. The highest BCUT2D eigenvalue weighted by atomic mass is 127. The lowest BCUT2D eigenvalue weighted by molar-refractivity contribution is -0.0598. The van der Waals surface area contributed by atoms with Gasteiger partial charge in [0.15, 0.2) is 6.23 Å². The topological polar surface area (TPSA) is 114 Å². The van der Waals surface area contributed by atoms with Crippen LogP contribution in [0.25, 0.3) is 0 Å².